The van der Waals surface area contributed by atoms with E-state index in [-0.39, 0.29) is 0 Å². The van der Waals surface area contributed by atoms with Crippen LogP contribution < -0.4 is 4.74 Å². The molecule has 1 spiro atoms. The van der Waals surface area contributed by atoms with Crippen LogP contribution in [0, 0.1) is 0 Å². The van der Waals surface area contributed by atoms with Crippen molar-refractivity contribution in [3.63, 3.8) is 0 Å². The molecule has 1 aliphatic heterocycles. The molecule has 1 unspecified atom stereocenters. The second-order valence-electron chi connectivity index (χ2n) is 15.5. The van der Waals surface area contributed by atoms with E-state index in [1.807, 2.05) is 18.3 Å². The Hall–Kier alpha value is -7.95. The molecule has 0 fully saturated rings. The van der Waals surface area contributed by atoms with Gasteiger partial charge in [-0.05, 0) is 74.2 Å². The van der Waals surface area contributed by atoms with E-state index in [4.69, 9.17) is 14.7 Å². The molecule has 0 saturated heterocycles. The third kappa shape index (κ3) is 5.21. The molecule has 0 radical (unpaired) electrons. The van der Waals surface area contributed by atoms with Crippen molar-refractivity contribution in [1.82, 2.24) is 15.0 Å². The lowest BCUT2D eigenvalue weighted by Gasteiger charge is -2.43. The summed E-state index contributed by atoms with van der Waals surface area (Å²) in [6.45, 7) is 0. The molecular formula is C56H35N3O. The minimum absolute atomic E-state index is 0.665. The summed E-state index contributed by atoms with van der Waals surface area (Å²) in [5, 5.41) is 2.23. The molecule has 0 N–H and O–H groups in total. The summed E-state index contributed by atoms with van der Waals surface area (Å²) < 4.78 is 7.02. The van der Waals surface area contributed by atoms with Crippen LogP contribution in [0.25, 0.3) is 78.1 Å². The number of hydrogen-bond acceptors (Lipinski definition) is 4. The Morgan fingerprint density at radius 2 is 1.02 bits per heavy atom. The van der Waals surface area contributed by atoms with Gasteiger partial charge in [0, 0.05) is 45.6 Å². The van der Waals surface area contributed by atoms with Crippen molar-refractivity contribution in [3.05, 3.63) is 235 Å². The molecule has 280 valence electrons. The third-order valence-electron chi connectivity index (χ3n) is 12.3. The van der Waals surface area contributed by atoms with Crippen LogP contribution in [0.2, 0.25) is 0 Å². The van der Waals surface area contributed by atoms with E-state index in [1.165, 1.54) is 33.4 Å². The van der Waals surface area contributed by atoms with Gasteiger partial charge < -0.3 is 4.74 Å². The summed E-state index contributed by atoms with van der Waals surface area (Å²) in [4.78, 5) is 14.9. The molecule has 0 bridgehead atoms. The summed E-state index contributed by atoms with van der Waals surface area (Å²) in [6, 6.07) is 71.4. The molecule has 0 saturated carbocycles. The fraction of sp³-hybridized carbons (Fsp3) is 0.0179. The van der Waals surface area contributed by atoms with Crippen molar-refractivity contribution in [3.8, 4) is 78.8 Å². The first-order valence-electron chi connectivity index (χ1n) is 20.3. The summed E-state index contributed by atoms with van der Waals surface area (Å²) in [7, 11) is 0. The number of hydrogen-bond donors (Lipinski definition) is 0. The van der Waals surface area contributed by atoms with Crippen LogP contribution in [0.15, 0.2) is 213 Å². The summed E-state index contributed by atoms with van der Waals surface area (Å²) >= 11 is 0. The molecule has 4 heteroatoms. The lowest BCUT2D eigenvalue weighted by molar-refractivity contribution is 0.440. The molecule has 0 amide bonds. The van der Waals surface area contributed by atoms with E-state index >= 15 is 0 Å². The largest absolute Gasteiger partial charge is 0.456 e. The fourth-order valence-electron chi connectivity index (χ4n) is 9.57. The molecule has 10 aromatic rings. The van der Waals surface area contributed by atoms with Gasteiger partial charge in [0.05, 0.1) is 16.8 Å². The highest BCUT2D eigenvalue weighted by atomic mass is 16.5. The Morgan fingerprint density at radius 1 is 0.383 bits per heavy atom. The van der Waals surface area contributed by atoms with Crippen molar-refractivity contribution in [2.45, 2.75) is 5.41 Å². The number of rotatable bonds is 4. The highest BCUT2D eigenvalue weighted by Gasteiger charge is 2.49. The Balaban J connectivity index is 1.15. The molecule has 3 heterocycles. The van der Waals surface area contributed by atoms with Crippen molar-refractivity contribution in [1.29, 1.82) is 0 Å². The fourth-order valence-corrected chi connectivity index (χ4v) is 9.57. The van der Waals surface area contributed by atoms with Crippen LogP contribution in [0.3, 0.4) is 0 Å². The average Bonchev–Trinajstić information content (AvgIpc) is 3.43. The summed E-state index contributed by atoms with van der Waals surface area (Å²) in [5.41, 5.74) is 15.5. The first kappa shape index (κ1) is 34.1. The maximum absolute atomic E-state index is 7.02. The lowest BCUT2D eigenvalue weighted by Crippen LogP contribution is -2.35. The van der Waals surface area contributed by atoms with E-state index in [1.54, 1.807) is 6.20 Å². The zero-order valence-corrected chi connectivity index (χ0v) is 32.5. The van der Waals surface area contributed by atoms with Gasteiger partial charge in [0.1, 0.15) is 11.5 Å². The topological polar surface area (TPSA) is 47.9 Å². The van der Waals surface area contributed by atoms with Crippen molar-refractivity contribution >= 4 is 10.8 Å². The van der Waals surface area contributed by atoms with Crippen molar-refractivity contribution in [2.24, 2.45) is 0 Å². The molecule has 60 heavy (non-hydrogen) atoms. The monoisotopic (exact) mass is 765 g/mol. The Morgan fingerprint density at radius 3 is 1.82 bits per heavy atom. The smallest absolute Gasteiger partial charge is 0.160 e. The van der Waals surface area contributed by atoms with Crippen LogP contribution in [-0.2, 0) is 5.41 Å². The molecule has 2 aromatic heterocycles. The molecule has 2 aliphatic rings. The van der Waals surface area contributed by atoms with Crippen LogP contribution in [0.1, 0.15) is 22.3 Å². The quantitative estimate of drug-likeness (QED) is 0.179. The molecule has 4 nitrogen and oxygen atoms in total. The van der Waals surface area contributed by atoms with E-state index in [0.717, 1.165) is 72.6 Å². The van der Waals surface area contributed by atoms with Gasteiger partial charge in [-0.1, -0.05) is 176 Å². The SMILES string of the molecule is c1ccc(-c2cc(-c3ccc4c(c3)C3(c5ccccc5Oc5c3ccc3ccccc53)c3ccccc3-c3ccccc3-4)nc(-c3ccc(-c4cccnc4)cc3)n2)cc1. The zero-order valence-electron chi connectivity index (χ0n) is 32.5. The number of aromatic nitrogens is 3. The Labute approximate surface area is 348 Å². The number of nitrogens with zero attached hydrogens (tertiary/aromatic N) is 3. The first-order valence-corrected chi connectivity index (χ1v) is 20.3. The van der Waals surface area contributed by atoms with Gasteiger partial charge in [0.15, 0.2) is 5.82 Å². The number of benzene rings is 8. The zero-order chi connectivity index (χ0) is 39.6. The predicted octanol–water partition coefficient (Wildman–Crippen LogP) is 13.8. The van der Waals surface area contributed by atoms with E-state index < -0.39 is 5.41 Å². The van der Waals surface area contributed by atoms with Gasteiger partial charge in [0.25, 0.3) is 0 Å². The Kier molecular flexibility index (Phi) is 7.72. The van der Waals surface area contributed by atoms with Gasteiger partial charge in [-0.15, -0.1) is 0 Å². The normalized spacial score (nSPS) is 14.5. The third-order valence-corrected chi connectivity index (χ3v) is 12.3. The van der Waals surface area contributed by atoms with Crippen molar-refractivity contribution in [2.75, 3.05) is 0 Å². The minimum Gasteiger partial charge on any atom is -0.456 e. The van der Waals surface area contributed by atoms with E-state index in [9.17, 15) is 0 Å². The van der Waals surface area contributed by atoms with Gasteiger partial charge in [-0.2, -0.15) is 0 Å². The predicted molar refractivity (Wildman–Crippen MR) is 242 cm³/mol. The second-order valence-corrected chi connectivity index (χ2v) is 15.5. The summed E-state index contributed by atoms with van der Waals surface area (Å²) in [6.07, 6.45) is 3.69. The number of fused-ring (bicyclic) bond motifs is 13. The second kappa shape index (κ2) is 13.6. The maximum Gasteiger partial charge on any atom is 0.160 e. The molecule has 12 rings (SSSR count). The molecule has 1 atom stereocenters. The lowest BCUT2D eigenvalue weighted by atomic mass is 9.61. The first-order chi connectivity index (χ1) is 29.7. The van der Waals surface area contributed by atoms with Gasteiger partial charge in [-0.3, -0.25) is 4.98 Å². The number of ether oxygens (including phenoxy) is 1. The highest BCUT2D eigenvalue weighted by molar-refractivity contribution is 5.98. The number of para-hydroxylation sites is 1. The van der Waals surface area contributed by atoms with Crippen LogP contribution in [0.4, 0.5) is 0 Å². The standard InChI is InChI=1S/C56H35N3O/c1-2-14-38(15-3-1)51-34-52(59-55(58-51)39-26-24-36(25-27-39)41-16-12-32-57-35-41)40-28-30-46-44-19-7-6-18-43(44)45-20-8-9-21-47(45)56(50(46)33-40)48-22-10-11-23-53(48)60-54-42-17-5-4-13-37(42)29-31-49(54)56/h1-35H. The van der Waals surface area contributed by atoms with Gasteiger partial charge >= 0.3 is 0 Å². The van der Waals surface area contributed by atoms with Crippen molar-refractivity contribution < 1.29 is 4.74 Å². The van der Waals surface area contributed by atoms with Gasteiger partial charge in [-0.25, -0.2) is 9.97 Å². The molecule has 8 aromatic carbocycles. The van der Waals surface area contributed by atoms with Crippen LogP contribution in [0.5, 0.6) is 11.5 Å². The van der Waals surface area contributed by atoms with E-state index in [2.05, 4.69) is 193 Å². The minimum atomic E-state index is -0.755. The average molecular weight is 766 g/mol. The van der Waals surface area contributed by atoms with Crippen LogP contribution in [-0.4, -0.2) is 15.0 Å². The van der Waals surface area contributed by atoms with E-state index in [0.29, 0.717) is 5.82 Å². The highest BCUT2D eigenvalue weighted by Crippen LogP contribution is 2.62. The van der Waals surface area contributed by atoms with Crippen LogP contribution >= 0.6 is 0 Å². The summed E-state index contributed by atoms with van der Waals surface area (Å²) in [5.74, 6) is 2.40. The number of pyridine rings is 1. The molecular weight excluding hydrogens is 731 g/mol. The Bertz CT molecular complexity index is 3290. The van der Waals surface area contributed by atoms with Gasteiger partial charge in [0.2, 0.25) is 0 Å². The molecule has 1 aliphatic carbocycles. The maximum atomic E-state index is 7.02.